The van der Waals surface area contributed by atoms with E-state index in [0.29, 0.717) is 11.4 Å². The van der Waals surface area contributed by atoms with E-state index in [-0.39, 0.29) is 5.91 Å². The van der Waals surface area contributed by atoms with Crippen molar-refractivity contribution in [1.82, 2.24) is 9.88 Å². The molecule has 1 aromatic heterocycles. The fourth-order valence-corrected chi connectivity index (χ4v) is 2.16. The van der Waals surface area contributed by atoms with E-state index in [1.165, 1.54) is 0 Å². The highest BCUT2D eigenvalue weighted by Gasteiger charge is 2.18. The number of hydrogen-bond acceptors (Lipinski definition) is 3. The Morgan fingerprint density at radius 1 is 1.42 bits per heavy atom. The number of carbonyl (C=O) groups excluding carboxylic acids is 1. The molecule has 0 aromatic carbocycles. The minimum atomic E-state index is 0.0423. The Labute approximate surface area is 123 Å². The van der Waals surface area contributed by atoms with Gasteiger partial charge in [0.2, 0.25) is 0 Å². The molecule has 1 N–H and O–H groups in total. The fourth-order valence-electron chi connectivity index (χ4n) is 1.83. The lowest BCUT2D eigenvalue weighted by atomic mass is 10.2. The number of aromatic nitrogens is 1. The van der Waals surface area contributed by atoms with E-state index in [9.17, 15) is 4.79 Å². The van der Waals surface area contributed by atoms with Crippen molar-refractivity contribution in [2.45, 2.75) is 33.6 Å². The van der Waals surface area contributed by atoms with E-state index in [4.69, 9.17) is 0 Å². The van der Waals surface area contributed by atoms with Gasteiger partial charge in [-0.15, -0.1) is 0 Å². The molecule has 1 amide bonds. The van der Waals surface area contributed by atoms with Crippen molar-refractivity contribution in [2.75, 3.05) is 25.0 Å². The monoisotopic (exact) mass is 327 g/mol. The van der Waals surface area contributed by atoms with Crippen LogP contribution >= 0.6 is 15.9 Å². The molecule has 0 bridgehead atoms. The summed E-state index contributed by atoms with van der Waals surface area (Å²) < 4.78 is 0.823. The number of nitrogens with one attached hydrogen (secondary N) is 1. The highest BCUT2D eigenvalue weighted by Crippen LogP contribution is 2.20. The smallest absolute Gasteiger partial charge is 0.257 e. The minimum Gasteiger partial charge on any atom is -0.370 e. The number of hydrogen-bond donors (Lipinski definition) is 1. The lowest BCUT2D eigenvalue weighted by Crippen LogP contribution is -2.32. The number of carbonyl (C=O) groups is 1. The number of rotatable bonds is 7. The van der Waals surface area contributed by atoms with Crippen LogP contribution in [0.4, 0.5) is 5.82 Å². The molecule has 1 aromatic rings. The van der Waals surface area contributed by atoms with E-state index >= 15 is 0 Å². The summed E-state index contributed by atoms with van der Waals surface area (Å²) in [6, 6.07) is 1.84. The summed E-state index contributed by atoms with van der Waals surface area (Å²) in [4.78, 5) is 18.7. The van der Waals surface area contributed by atoms with Crippen molar-refractivity contribution in [3.63, 3.8) is 0 Å². The summed E-state index contributed by atoms with van der Waals surface area (Å²) in [5, 5.41) is 3.14. The third kappa shape index (κ3) is 4.49. The maximum Gasteiger partial charge on any atom is 0.257 e. The highest BCUT2D eigenvalue weighted by atomic mass is 79.9. The second-order valence-corrected chi connectivity index (χ2v) is 5.23. The maximum absolute atomic E-state index is 12.6. The fraction of sp³-hybridized carbons (Fsp3) is 0.571. The van der Waals surface area contributed by atoms with Gasteiger partial charge in [0.05, 0.1) is 5.56 Å². The molecule has 0 aliphatic heterocycles. The molecule has 0 fully saturated rings. The second-order valence-electron chi connectivity index (χ2n) is 4.32. The average Bonchev–Trinajstić information content (AvgIpc) is 2.41. The quantitative estimate of drug-likeness (QED) is 0.833. The maximum atomic E-state index is 12.6. The van der Waals surface area contributed by atoms with Gasteiger partial charge in [0.1, 0.15) is 5.82 Å². The van der Waals surface area contributed by atoms with E-state index < -0.39 is 0 Å². The summed E-state index contributed by atoms with van der Waals surface area (Å²) >= 11 is 3.38. The molecule has 1 rings (SSSR count). The van der Waals surface area contributed by atoms with Crippen molar-refractivity contribution < 1.29 is 4.79 Å². The zero-order chi connectivity index (χ0) is 14.3. The van der Waals surface area contributed by atoms with Gasteiger partial charge in [-0.3, -0.25) is 4.79 Å². The molecule has 0 saturated carbocycles. The lowest BCUT2D eigenvalue weighted by molar-refractivity contribution is 0.0763. The third-order valence-electron chi connectivity index (χ3n) is 2.88. The Balaban J connectivity index is 2.98. The molecule has 19 heavy (non-hydrogen) atoms. The zero-order valence-electron chi connectivity index (χ0n) is 11.9. The van der Waals surface area contributed by atoms with Crippen LogP contribution in [0.2, 0.25) is 0 Å². The topological polar surface area (TPSA) is 45.2 Å². The van der Waals surface area contributed by atoms with Gasteiger partial charge in [-0.1, -0.05) is 13.3 Å². The molecule has 1 heterocycles. The van der Waals surface area contributed by atoms with Gasteiger partial charge in [-0.25, -0.2) is 4.98 Å². The molecular weight excluding hydrogens is 306 g/mol. The molecule has 0 aliphatic rings. The number of unbranched alkanes of at least 4 members (excludes halogenated alkanes) is 1. The Kier molecular flexibility index (Phi) is 6.84. The van der Waals surface area contributed by atoms with E-state index in [0.717, 1.165) is 36.9 Å². The van der Waals surface area contributed by atoms with Crippen molar-refractivity contribution in [1.29, 1.82) is 0 Å². The number of amides is 1. The number of halogens is 1. The van der Waals surface area contributed by atoms with Crippen LogP contribution in [-0.4, -0.2) is 35.4 Å². The molecule has 0 atom stereocenters. The predicted octanol–water partition coefficient (Wildman–Crippen LogP) is 3.54. The molecule has 0 aliphatic carbocycles. The van der Waals surface area contributed by atoms with Crippen LogP contribution in [0.5, 0.6) is 0 Å². The Morgan fingerprint density at radius 2 is 2.16 bits per heavy atom. The van der Waals surface area contributed by atoms with Crippen LogP contribution in [0.1, 0.15) is 44.0 Å². The van der Waals surface area contributed by atoms with Gasteiger partial charge in [0.15, 0.2) is 0 Å². The molecular formula is C14H22BrN3O. The van der Waals surface area contributed by atoms with Crippen LogP contribution in [0.25, 0.3) is 0 Å². The number of nitrogens with zero attached hydrogens (tertiary/aromatic N) is 2. The second kappa shape index (κ2) is 8.15. The first kappa shape index (κ1) is 16.0. The van der Waals surface area contributed by atoms with Crippen LogP contribution in [0, 0.1) is 0 Å². The number of anilines is 1. The van der Waals surface area contributed by atoms with Crippen molar-refractivity contribution >= 4 is 27.7 Å². The van der Waals surface area contributed by atoms with E-state index in [1.54, 1.807) is 6.20 Å². The first-order chi connectivity index (χ1) is 9.13. The van der Waals surface area contributed by atoms with Crippen LogP contribution in [0.15, 0.2) is 16.7 Å². The normalized spacial score (nSPS) is 10.3. The summed E-state index contributed by atoms with van der Waals surface area (Å²) in [7, 11) is 0. The molecule has 0 spiro atoms. The van der Waals surface area contributed by atoms with Crippen molar-refractivity contribution in [2.24, 2.45) is 0 Å². The van der Waals surface area contributed by atoms with Gasteiger partial charge >= 0.3 is 0 Å². The first-order valence-electron chi connectivity index (χ1n) is 6.82. The third-order valence-corrected chi connectivity index (χ3v) is 3.31. The van der Waals surface area contributed by atoms with Gasteiger partial charge < -0.3 is 10.2 Å². The Morgan fingerprint density at radius 3 is 2.74 bits per heavy atom. The Hall–Kier alpha value is -1.10. The van der Waals surface area contributed by atoms with Gasteiger partial charge in [-0.05, 0) is 42.3 Å². The van der Waals surface area contributed by atoms with Gasteiger partial charge in [-0.2, -0.15) is 0 Å². The largest absolute Gasteiger partial charge is 0.370 e. The average molecular weight is 328 g/mol. The Bertz CT molecular complexity index is 423. The SMILES string of the molecule is CCCCN(CC)C(=O)c1cc(Br)cnc1NCC. The summed E-state index contributed by atoms with van der Waals surface area (Å²) in [6.45, 7) is 8.39. The van der Waals surface area contributed by atoms with Gasteiger partial charge in [0.25, 0.3) is 5.91 Å². The number of pyridine rings is 1. The van der Waals surface area contributed by atoms with Crippen molar-refractivity contribution in [3.05, 3.63) is 22.3 Å². The zero-order valence-corrected chi connectivity index (χ0v) is 13.5. The lowest BCUT2D eigenvalue weighted by Gasteiger charge is -2.22. The standard InChI is InChI=1S/C14H22BrN3O/c1-4-7-8-18(6-3)14(19)12-9-11(15)10-17-13(12)16-5-2/h9-10H,4-8H2,1-3H3,(H,16,17). The van der Waals surface area contributed by atoms with Crippen LogP contribution in [-0.2, 0) is 0 Å². The molecule has 0 radical (unpaired) electrons. The molecule has 4 nitrogen and oxygen atoms in total. The molecule has 0 saturated heterocycles. The summed E-state index contributed by atoms with van der Waals surface area (Å²) in [5.74, 6) is 0.700. The van der Waals surface area contributed by atoms with E-state index in [2.05, 4.69) is 33.2 Å². The van der Waals surface area contributed by atoms with E-state index in [1.807, 2.05) is 24.8 Å². The molecule has 0 unspecified atom stereocenters. The van der Waals surface area contributed by atoms with Gasteiger partial charge in [0, 0.05) is 30.3 Å². The van der Waals surface area contributed by atoms with Crippen molar-refractivity contribution in [3.8, 4) is 0 Å². The minimum absolute atomic E-state index is 0.0423. The van der Waals surface area contributed by atoms with Crippen LogP contribution in [0.3, 0.4) is 0 Å². The molecule has 106 valence electrons. The summed E-state index contributed by atoms with van der Waals surface area (Å²) in [6.07, 6.45) is 3.81. The van der Waals surface area contributed by atoms with Crippen LogP contribution < -0.4 is 5.32 Å². The predicted molar refractivity (Wildman–Crippen MR) is 82.6 cm³/mol. The summed E-state index contributed by atoms with van der Waals surface area (Å²) in [5.41, 5.74) is 0.633. The first-order valence-corrected chi connectivity index (χ1v) is 7.61. The molecule has 5 heteroatoms. The highest BCUT2D eigenvalue weighted by molar-refractivity contribution is 9.10.